The zero-order valence-electron chi connectivity index (χ0n) is 20.0. The van der Waals surface area contributed by atoms with E-state index in [1.54, 1.807) is 38.1 Å². The van der Waals surface area contributed by atoms with Crippen LogP contribution in [0.25, 0.3) is 11.1 Å². The summed E-state index contributed by atoms with van der Waals surface area (Å²) in [7, 11) is -3.94. The first kappa shape index (κ1) is 25.2. The molecule has 2 aromatic carbocycles. The molecule has 1 saturated heterocycles. The van der Waals surface area contributed by atoms with Crippen LogP contribution in [0.4, 0.5) is 10.5 Å². The van der Waals surface area contributed by atoms with E-state index in [4.69, 9.17) is 4.74 Å². The number of rotatable bonds is 6. The Balaban J connectivity index is 1.50. The standard InChI is InChI=1S/C26H32N2O6S/c1-17(2)34-26(31)27-21-11-7-18(8-12-21)19-9-13-22(14-10-19)35(32,33)28-16-15-20-5-3-4-6-23(20)24(28)25(29)30/h7-14,17,20,23-24H,3-6,15-16H2,1-2H3,(H,27,31)(H,29,30). The first-order valence-electron chi connectivity index (χ1n) is 12.1. The Kier molecular flexibility index (Phi) is 7.47. The van der Waals surface area contributed by atoms with Crippen LogP contribution >= 0.6 is 0 Å². The molecule has 188 valence electrons. The number of carbonyl (C=O) groups is 2. The fourth-order valence-electron chi connectivity index (χ4n) is 5.29. The molecule has 8 nitrogen and oxygen atoms in total. The molecule has 2 aromatic rings. The number of benzene rings is 2. The van der Waals surface area contributed by atoms with Crippen LogP contribution in [0.2, 0.25) is 0 Å². The summed E-state index contributed by atoms with van der Waals surface area (Å²) in [6.45, 7) is 3.77. The number of amides is 1. The number of nitrogens with one attached hydrogen (secondary N) is 1. The van der Waals surface area contributed by atoms with Gasteiger partial charge in [-0.3, -0.25) is 10.1 Å². The van der Waals surface area contributed by atoms with Gasteiger partial charge < -0.3 is 9.84 Å². The Labute approximate surface area is 206 Å². The maximum atomic E-state index is 13.5. The van der Waals surface area contributed by atoms with Crippen LogP contribution in [0.5, 0.6) is 0 Å². The summed E-state index contributed by atoms with van der Waals surface area (Å²) in [4.78, 5) is 24.0. The van der Waals surface area contributed by atoms with Crippen molar-refractivity contribution in [2.75, 3.05) is 11.9 Å². The van der Waals surface area contributed by atoms with Crippen molar-refractivity contribution >= 4 is 27.8 Å². The van der Waals surface area contributed by atoms with E-state index in [9.17, 15) is 23.1 Å². The normalized spacial score (nSPS) is 22.9. The van der Waals surface area contributed by atoms with Crippen molar-refractivity contribution in [2.24, 2.45) is 11.8 Å². The molecule has 2 N–H and O–H groups in total. The molecule has 1 aliphatic carbocycles. The molecule has 1 aliphatic heterocycles. The van der Waals surface area contributed by atoms with E-state index in [1.165, 1.54) is 16.4 Å². The number of carboxylic acid groups (broad SMARTS) is 1. The maximum Gasteiger partial charge on any atom is 0.411 e. The van der Waals surface area contributed by atoms with E-state index < -0.39 is 28.1 Å². The van der Waals surface area contributed by atoms with Crippen molar-refractivity contribution < 1.29 is 27.9 Å². The van der Waals surface area contributed by atoms with Crippen LogP contribution in [-0.2, 0) is 19.6 Å². The zero-order valence-corrected chi connectivity index (χ0v) is 20.8. The van der Waals surface area contributed by atoms with Gasteiger partial charge >= 0.3 is 12.1 Å². The van der Waals surface area contributed by atoms with Gasteiger partial charge in [0.25, 0.3) is 0 Å². The molecular formula is C26H32N2O6S. The summed E-state index contributed by atoms with van der Waals surface area (Å²) in [5, 5.41) is 12.6. The number of sulfonamides is 1. The first-order chi connectivity index (χ1) is 16.7. The van der Waals surface area contributed by atoms with Gasteiger partial charge in [-0.05, 0) is 73.9 Å². The molecule has 0 radical (unpaired) electrons. The fourth-order valence-corrected chi connectivity index (χ4v) is 6.94. The van der Waals surface area contributed by atoms with Crippen LogP contribution in [0, 0.1) is 11.8 Å². The van der Waals surface area contributed by atoms with Gasteiger partial charge in [0.15, 0.2) is 0 Å². The number of carboxylic acids is 1. The highest BCUT2D eigenvalue weighted by Crippen LogP contribution is 2.42. The van der Waals surface area contributed by atoms with Gasteiger partial charge in [0, 0.05) is 12.2 Å². The summed E-state index contributed by atoms with van der Waals surface area (Å²) in [5.74, 6) is -0.912. The minimum atomic E-state index is -3.94. The number of carbonyl (C=O) groups excluding carboxylic acids is 1. The van der Waals surface area contributed by atoms with Crippen molar-refractivity contribution in [1.82, 2.24) is 4.31 Å². The highest BCUT2D eigenvalue weighted by molar-refractivity contribution is 7.89. The second kappa shape index (κ2) is 10.4. The molecule has 35 heavy (non-hydrogen) atoms. The monoisotopic (exact) mass is 500 g/mol. The van der Waals surface area contributed by atoms with Gasteiger partial charge in [-0.25, -0.2) is 13.2 Å². The van der Waals surface area contributed by atoms with Crippen LogP contribution < -0.4 is 5.32 Å². The quantitative estimate of drug-likeness (QED) is 0.579. The lowest BCUT2D eigenvalue weighted by Crippen LogP contribution is -2.55. The fraction of sp³-hybridized carbons (Fsp3) is 0.462. The molecule has 2 aliphatic rings. The summed E-state index contributed by atoms with van der Waals surface area (Å²) in [5.41, 5.74) is 2.24. The molecule has 0 aromatic heterocycles. The van der Waals surface area contributed by atoms with Gasteiger partial charge in [0.05, 0.1) is 11.0 Å². The van der Waals surface area contributed by atoms with Crippen LogP contribution in [0.3, 0.4) is 0 Å². The molecule has 1 heterocycles. The van der Waals surface area contributed by atoms with Crippen molar-refractivity contribution in [3.8, 4) is 11.1 Å². The maximum absolute atomic E-state index is 13.5. The Morgan fingerprint density at radius 2 is 1.57 bits per heavy atom. The van der Waals surface area contributed by atoms with Crippen LogP contribution in [0.1, 0.15) is 46.0 Å². The highest BCUT2D eigenvalue weighted by Gasteiger charge is 2.47. The average molecular weight is 501 g/mol. The van der Waals surface area contributed by atoms with E-state index in [2.05, 4.69) is 5.32 Å². The average Bonchev–Trinajstić information content (AvgIpc) is 2.83. The third-order valence-corrected chi connectivity index (χ3v) is 8.82. The van der Waals surface area contributed by atoms with Crippen molar-refractivity contribution in [2.45, 2.75) is 63.0 Å². The van der Waals surface area contributed by atoms with Gasteiger partial charge in [-0.1, -0.05) is 43.5 Å². The van der Waals surface area contributed by atoms with E-state index in [0.29, 0.717) is 12.1 Å². The molecule has 1 amide bonds. The number of fused-ring (bicyclic) bond motifs is 1. The lowest BCUT2D eigenvalue weighted by atomic mass is 9.71. The lowest BCUT2D eigenvalue weighted by Gasteiger charge is -2.44. The SMILES string of the molecule is CC(C)OC(=O)Nc1ccc(-c2ccc(S(=O)(=O)N3CCC4CCCCC4C3C(=O)O)cc2)cc1. The van der Waals surface area contributed by atoms with Crippen molar-refractivity contribution in [3.63, 3.8) is 0 Å². The molecule has 4 rings (SSSR count). The molecule has 9 heteroatoms. The molecule has 3 atom stereocenters. The molecule has 3 unspecified atom stereocenters. The number of hydrogen-bond acceptors (Lipinski definition) is 5. The predicted molar refractivity (Wildman–Crippen MR) is 132 cm³/mol. The first-order valence-corrected chi connectivity index (χ1v) is 13.5. The lowest BCUT2D eigenvalue weighted by molar-refractivity contribution is -0.146. The van der Waals surface area contributed by atoms with Crippen molar-refractivity contribution in [1.29, 1.82) is 0 Å². The Morgan fingerprint density at radius 1 is 0.971 bits per heavy atom. The van der Waals surface area contributed by atoms with Crippen LogP contribution in [0.15, 0.2) is 53.4 Å². The van der Waals surface area contributed by atoms with Crippen LogP contribution in [-0.4, -0.2) is 48.6 Å². The Morgan fingerprint density at radius 3 is 2.17 bits per heavy atom. The number of hydrogen-bond donors (Lipinski definition) is 2. The molecule has 2 fully saturated rings. The van der Waals surface area contributed by atoms with Crippen molar-refractivity contribution in [3.05, 3.63) is 48.5 Å². The number of nitrogens with zero attached hydrogens (tertiary/aromatic N) is 1. The molecule has 0 bridgehead atoms. The topological polar surface area (TPSA) is 113 Å². The Hall–Kier alpha value is -2.91. The number of aliphatic carboxylic acids is 1. The summed E-state index contributed by atoms with van der Waals surface area (Å²) in [6.07, 6.45) is 3.72. The summed E-state index contributed by atoms with van der Waals surface area (Å²) >= 11 is 0. The van der Waals surface area contributed by atoms with E-state index in [-0.39, 0.29) is 29.4 Å². The molecule has 0 spiro atoms. The second-order valence-electron chi connectivity index (χ2n) is 9.58. The van der Waals surface area contributed by atoms with E-state index in [0.717, 1.165) is 36.8 Å². The number of piperidine rings is 1. The number of anilines is 1. The second-order valence-corrected chi connectivity index (χ2v) is 11.5. The smallest absolute Gasteiger partial charge is 0.411 e. The largest absolute Gasteiger partial charge is 0.480 e. The molecular weight excluding hydrogens is 468 g/mol. The minimum Gasteiger partial charge on any atom is -0.480 e. The highest BCUT2D eigenvalue weighted by atomic mass is 32.2. The third-order valence-electron chi connectivity index (χ3n) is 6.93. The van der Waals surface area contributed by atoms with Gasteiger partial charge in [-0.15, -0.1) is 0 Å². The predicted octanol–water partition coefficient (Wildman–Crippen LogP) is 4.96. The molecule has 1 saturated carbocycles. The minimum absolute atomic E-state index is 0.0940. The van der Waals surface area contributed by atoms with Gasteiger partial charge in [0.2, 0.25) is 10.0 Å². The van der Waals surface area contributed by atoms with E-state index >= 15 is 0 Å². The zero-order chi connectivity index (χ0) is 25.2. The van der Waals surface area contributed by atoms with E-state index in [1.807, 2.05) is 12.1 Å². The van der Waals surface area contributed by atoms with Gasteiger partial charge in [0.1, 0.15) is 6.04 Å². The summed E-state index contributed by atoms with van der Waals surface area (Å²) < 4.78 is 33.2. The summed E-state index contributed by atoms with van der Waals surface area (Å²) in [6, 6.07) is 12.6. The Bertz CT molecular complexity index is 1160. The third kappa shape index (κ3) is 5.51. The number of ether oxygens (including phenoxy) is 1. The van der Waals surface area contributed by atoms with Gasteiger partial charge in [-0.2, -0.15) is 4.31 Å².